The Labute approximate surface area is 139 Å². The molecule has 0 aliphatic carbocycles. The highest BCUT2D eigenvalue weighted by atomic mass is 16.5. The van der Waals surface area contributed by atoms with Gasteiger partial charge in [-0.15, -0.1) is 0 Å². The SMILES string of the molecule is CN1CCC(=O)CC1.COc1ccc(N2CCN(C)CC2)cc1. The van der Waals surface area contributed by atoms with E-state index in [-0.39, 0.29) is 0 Å². The number of rotatable bonds is 2. The van der Waals surface area contributed by atoms with Crippen molar-refractivity contribution in [2.24, 2.45) is 0 Å². The summed E-state index contributed by atoms with van der Waals surface area (Å²) in [6.07, 6.45) is 1.52. The summed E-state index contributed by atoms with van der Waals surface area (Å²) in [6.45, 7) is 6.43. The highest BCUT2D eigenvalue weighted by Crippen LogP contribution is 2.20. The third-order valence-corrected chi connectivity index (χ3v) is 4.49. The Bertz CT molecular complexity index is 472. The fourth-order valence-electron chi connectivity index (χ4n) is 2.73. The highest BCUT2D eigenvalue weighted by molar-refractivity contribution is 5.79. The van der Waals surface area contributed by atoms with Crippen LogP contribution in [0.25, 0.3) is 0 Å². The number of Topliss-reactive ketones (excluding diaryl/α,β-unsaturated/α-hetero) is 1. The number of piperazine rings is 1. The minimum Gasteiger partial charge on any atom is -0.497 e. The van der Waals surface area contributed by atoms with Crippen molar-refractivity contribution in [3.8, 4) is 5.75 Å². The van der Waals surface area contributed by atoms with Gasteiger partial charge in [-0.1, -0.05) is 0 Å². The first kappa shape index (κ1) is 17.8. The molecule has 1 aromatic rings. The van der Waals surface area contributed by atoms with Crippen LogP contribution in [0.3, 0.4) is 0 Å². The molecule has 0 spiro atoms. The van der Waals surface area contributed by atoms with Crippen LogP contribution < -0.4 is 9.64 Å². The number of nitrogens with zero attached hydrogens (tertiary/aromatic N) is 3. The lowest BCUT2D eigenvalue weighted by atomic mass is 10.1. The van der Waals surface area contributed by atoms with E-state index in [0.29, 0.717) is 5.78 Å². The smallest absolute Gasteiger partial charge is 0.135 e. The number of methoxy groups -OCH3 is 1. The lowest BCUT2D eigenvalue weighted by Crippen LogP contribution is -2.44. The summed E-state index contributed by atoms with van der Waals surface area (Å²) in [5.74, 6) is 1.34. The van der Waals surface area contributed by atoms with Gasteiger partial charge in [-0.05, 0) is 38.4 Å². The van der Waals surface area contributed by atoms with E-state index in [2.05, 4.69) is 33.9 Å². The van der Waals surface area contributed by atoms with Crippen LogP contribution in [-0.2, 0) is 4.79 Å². The standard InChI is InChI=1S/C12H18N2O.C6H11NO/c1-13-7-9-14(10-8-13)11-3-5-12(15-2)6-4-11;1-7-4-2-6(8)3-5-7/h3-6H,7-10H2,1-2H3;2-5H2,1H3. The molecular formula is C18H29N3O2. The van der Waals surface area contributed by atoms with Gasteiger partial charge in [-0.3, -0.25) is 4.79 Å². The fraction of sp³-hybridized carbons (Fsp3) is 0.611. The summed E-state index contributed by atoms with van der Waals surface area (Å²) < 4.78 is 5.15. The van der Waals surface area contributed by atoms with Crippen LogP contribution in [0.2, 0.25) is 0 Å². The second-order valence-electron chi connectivity index (χ2n) is 6.33. The predicted molar refractivity (Wildman–Crippen MR) is 94.4 cm³/mol. The number of likely N-dealkylation sites (tertiary alicyclic amines) is 1. The van der Waals surface area contributed by atoms with Crippen LogP contribution in [0.5, 0.6) is 5.75 Å². The number of hydrogen-bond acceptors (Lipinski definition) is 5. The topological polar surface area (TPSA) is 36.0 Å². The Balaban J connectivity index is 0.000000203. The quantitative estimate of drug-likeness (QED) is 0.830. The monoisotopic (exact) mass is 319 g/mol. The number of likely N-dealkylation sites (N-methyl/N-ethyl adjacent to an activating group) is 1. The molecule has 0 atom stereocenters. The van der Waals surface area contributed by atoms with E-state index in [1.54, 1.807) is 7.11 Å². The zero-order chi connectivity index (χ0) is 16.7. The molecule has 1 aromatic carbocycles. The lowest BCUT2D eigenvalue weighted by molar-refractivity contribution is -0.121. The van der Waals surface area contributed by atoms with Crippen molar-refractivity contribution in [3.63, 3.8) is 0 Å². The first-order valence-electron chi connectivity index (χ1n) is 8.36. The summed E-state index contributed by atoms with van der Waals surface area (Å²) in [5.41, 5.74) is 1.30. The van der Waals surface area contributed by atoms with Gasteiger partial charge in [0, 0.05) is 57.8 Å². The summed E-state index contributed by atoms with van der Waals surface area (Å²) in [7, 11) is 5.92. The fourth-order valence-corrected chi connectivity index (χ4v) is 2.73. The molecule has 0 aromatic heterocycles. The maximum atomic E-state index is 10.6. The third-order valence-electron chi connectivity index (χ3n) is 4.49. The average Bonchev–Trinajstić information content (AvgIpc) is 2.59. The average molecular weight is 319 g/mol. The number of benzene rings is 1. The molecule has 128 valence electrons. The summed E-state index contributed by atoms with van der Waals surface area (Å²) in [6, 6.07) is 8.30. The normalized spacial score (nSPS) is 20.0. The van der Waals surface area contributed by atoms with Crippen molar-refractivity contribution in [2.45, 2.75) is 12.8 Å². The molecule has 0 radical (unpaired) electrons. The van der Waals surface area contributed by atoms with Gasteiger partial charge in [0.2, 0.25) is 0 Å². The first-order valence-corrected chi connectivity index (χ1v) is 8.36. The number of anilines is 1. The number of carbonyl (C=O) groups excluding carboxylic acids is 1. The van der Waals surface area contributed by atoms with E-state index < -0.39 is 0 Å². The summed E-state index contributed by atoms with van der Waals surface area (Å²) in [5, 5.41) is 0. The van der Waals surface area contributed by atoms with Crippen LogP contribution >= 0.6 is 0 Å². The van der Waals surface area contributed by atoms with E-state index in [9.17, 15) is 4.79 Å². The molecule has 2 aliphatic heterocycles. The molecule has 23 heavy (non-hydrogen) atoms. The van der Waals surface area contributed by atoms with E-state index >= 15 is 0 Å². The van der Waals surface area contributed by atoms with Gasteiger partial charge in [0.25, 0.3) is 0 Å². The molecule has 5 heteroatoms. The van der Waals surface area contributed by atoms with E-state index in [1.165, 1.54) is 5.69 Å². The van der Waals surface area contributed by atoms with E-state index in [1.807, 2.05) is 19.2 Å². The van der Waals surface area contributed by atoms with Crippen LogP contribution in [-0.4, -0.2) is 76.1 Å². The molecule has 5 nitrogen and oxygen atoms in total. The van der Waals surface area contributed by atoms with E-state index in [0.717, 1.165) is 57.9 Å². The van der Waals surface area contributed by atoms with Gasteiger partial charge in [-0.2, -0.15) is 0 Å². The van der Waals surface area contributed by atoms with Crippen molar-refractivity contribution in [3.05, 3.63) is 24.3 Å². The maximum Gasteiger partial charge on any atom is 0.135 e. The number of carbonyl (C=O) groups is 1. The molecule has 0 bridgehead atoms. The third kappa shape index (κ3) is 5.84. The molecule has 2 aliphatic rings. The summed E-state index contributed by atoms with van der Waals surface area (Å²) in [4.78, 5) is 17.5. The van der Waals surface area contributed by atoms with Gasteiger partial charge < -0.3 is 19.4 Å². The maximum absolute atomic E-state index is 10.6. The Morgan fingerprint density at radius 3 is 1.83 bits per heavy atom. The number of piperidine rings is 1. The predicted octanol–water partition coefficient (Wildman–Crippen LogP) is 1.73. The van der Waals surface area contributed by atoms with Gasteiger partial charge in [0.15, 0.2) is 0 Å². The van der Waals surface area contributed by atoms with Crippen molar-refractivity contribution < 1.29 is 9.53 Å². The molecule has 2 fully saturated rings. The van der Waals surface area contributed by atoms with Crippen molar-refractivity contribution in [1.29, 1.82) is 0 Å². The minimum atomic E-state index is 0.420. The van der Waals surface area contributed by atoms with E-state index in [4.69, 9.17) is 4.74 Å². The van der Waals surface area contributed by atoms with Crippen molar-refractivity contribution in [1.82, 2.24) is 9.80 Å². The van der Waals surface area contributed by atoms with Gasteiger partial charge in [0.1, 0.15) is 11.5 Å². The molecular weight excluding hydrogens is 290 g/mol. The molecule has 0 saturated carbocycles. The Hall–Kier alpha value is -1.59. The Kier molecular flexibility index (Phi) is 6.86. The second kappa shape index (κ2) is 8.89. The minimum absolute atomic E-state index is 0.420. The molecule has 2 saturated heterocycles. The lowest BCUT2D eigenvalue weighted by Gasteiger charge is -2.34. The number of hydrogen-bond donors (Lipinski definition) is 0. The molecule has 0 unspecified atom stereocenters. The molecule has 0 amide bonds. The second-order valence-corrected chi connectivity index (χ2v) is 6.33. The zero-order valence-corrected chi connectivity index (χ0v) is 14.6. The van der Waals surface area contributed by atoms with Crippen LogP contribution in [0, 0.1) is 0 Å². The molecule has 3 rings (SSSR count). The Morgan fingerprint density at radius 2 is 1.35 bits per heavy atom. The molecule has 0 N–H and O–H groups in total. The van der Waals surface area contributed by atoms with Gasteiger partial charge in [-0.25, -0.2) is 0 Å². The van der Waals surface area contributed by atoms with Crippen molar-refractivity contribution in [2.75, 3.05) is 65.4 Å². The van der Waals surface area contributed by atoms with Gasteiger partial charge in [0.05, 0.1) is 7.11 Å². The van der Waals surface area contributed by atoms with Gasteiger partial charge >= 0.3 is 0 Å². The van der Waals surface area contributed by atoms with Crippen molar-refractivity contribution >= 4 is 11.5 Å². The zero-order valence-electron chi connectivity index (χ0n) is 14.6. The summed E-state index contributed by atoms with van der Waals surface area (Å²) >= 11 is 0. The number of ketones is 1. The number of ether oxygens (including phenoxy) is 1. The Morgan fingerprint density at radius 1 is 0.826 bits per heavy atom. The van der Waals surface area contributed by atoms with Crippen LogP contribution in [0.1, 0.15) is 12.8 Å². The highest BCUT2D eigenvalue weighted by Gasteiger charge is 2.13. The first-order chi connectivity index (χ1) is 11.1. The van der Waals surface area contributed by atoms with Crippen LogP contribution in [0.15, 0.2) is 24.3 Å². The largest absolute Gasteiger partial charge is 0.497 e. The molecule has 2 heterocycles. The van der Waals surface area contributed by atoms with Crippen LogP contribution in [0.4, 0.5) is 5.69 Å².